The number of benzene rings is 3. The molecule has 0 fully saturated rings. The van der Waals surface area contributed by atoms with Crippen molar-refractivity contribution in [2.45, 2.75) is 6.54 Å². The number of nitriles is 1. The third-order valence-electron chi connectivity index (χ3n) is 5.04. The van der Waals surface area contributed by atoms with E-state index in [4.69, 9.17) is 27.9 Å². The minimum absolute atomic E-state index is 0.164. The standard InChI is InChI=1S/C26H17Cl2N3O4/c27-18-9-10-23(20(28)12-18)35-24-8-4-2-6-21(24)30-26(34)16(13-29)11-17-14-31(15-25(32)33)22-7-3-1-5-19(17)22/h1-12,14H,15H2,(H,30,34)(H,32,33)/b16-11+. The Morgan fingerprint density at radius 2 is 1.80 bits per heavy atom. The summed E-state index contributed by atoms with van der Waals surface area (Å²) in [4.78, 5) is 24.2. The molecule has 2 N–H and O–H groups in total. The van der Waals surface area contributed by atoms with Gasteiger partial charge in [0.1, 0.15) is 23.9 Å². The second-order valence-electron chi connectivity index (χ2n) is 7.42. The molecule has 174 valence electrons. The van der Waals surface area contributed by atoms with E-state index in [0.717, 1.165) is 5.39 Å². The van der Waals surface area contributed by atoms with Gasteiger partial charge in [-0.1, -0.05) is 53.5 Å². The Hall–Kier alpha value is -4.25. The summed E-state index contributed by atoms with van der Waals surface area (Å²) in [5, 5.41) is 23.1. The van der Waals surface area contributed by atoms with E-state index in [1.165, 1.54) is 12.1 Å². The number of carbonyl (C=O) groups is 2. The first-order valence-electron chi connectivity index (χ1n) is 10.3. The molecular formula is C26H17Cl2N3O4. The Morgan fingerprint density at radius 1 is 1.06 bits per heavy atom. The van der Waals surface area contributed by atoms with Crippen molar-refractivity contribution in [3.8, 4) is 17.6 Å². The molecule has 0 unspecified atom stereocenters. The lowest BCUT2D eigenvalue weighted by Gasteiger charge is -2.13. The van der Waals surface area contributed by atoms with E-state index in [1.807, 2.05) is 6.07 Å². The van der Waals surface area contributed by atoms with Crippen molar-refractivity contribution in [3.63, 3.8) is 0 Å². The molecular weight excluding hydrogens is 489 g/mol. The Balaban J connectivity index is 1.63. The third-order valence-corrected chi connectivity index (χ3v) is 5.57. The lowest BCUT2D eigenvalue weighted by atomic mass is 10.1. The minimum atomic E-state index is -1.00. The average molecular weight is 506 g/mol. The number of aliphatic carboxylic acids is 1. The number of fused-ring (bicyclic) bond motifs is 1. The van der Waals surface area contributed by atoms with Gasteiger partial charge in [0.25, 0.3) is 5.91 Å². The number of ether oxygens (including phenoxy) is 1. The molecule has 4 aromatic rings. The summed E-state index contributed by atoms with van der Waals surface area (Å²) in [5.41, 5.74) is 1.39. The molecule has 0 atom stereocenters. The van der Waals surface area contributed by atoms with Gasteiger partial charge in [-0.15, -0.1) is 0 Å². The van der Waals surface area contributed by atoms with Crippen molar-refractivity contribution in [2.24, 2.45) is 0 Å². The monoisotopic (exact) mass is 505 g/mol. The number of anilines is 1. The molecule has 3 aromatic carbocycles. The number of aromatic nitrogens is 1. The van der Waals surface area contributed by atoms with E-state index in [0.29, 0.717) is 38.3 Å². The highest BCUT2D eigenvalue weighted by Gasteiger charge is 2.16. The molecule has 0 spiro atoms. The van der Waals surface area contributed by atoms with Crippen molar-refractivity contribution in [3.05, 3.63) is 94.1 Å². The van der Waals surface area contributed by atoms with Gasteiger partial charge in [0.05, 0.1) is 10.7 Å². The maximum absolute atomic E-state index is 13.0. The number of carboxylic acid groups (broad SMARTS) is 1. The number of hydrogen-bond donors (Lipinski definition) is 2. The zero-order chi connectivity index (χ0) is 24.9. The molecule has 0 aliphatic carbocycles. The molecule has 4 rings (SSSR count). The Kier molecular flexibility index (Phi) is 7.06. The van der Waals surface area contributed by atoms with Gasteiger partial charge in [-0.2, -0.15) is 5.26 Å². The van der Waals surface area contributed by atoms with Gasteiger partial charge in [0.15, 0.2) is 5.75 Å². The van der Waals surface area contributed by atoms with Crippen molar-refractivity contribution in [1.82, 2.24) is 4.57 Å². The zero-order valence-corrected chi connectivity index (χ0v) is 19.5. The molecule has 0 aliphatic rings. The summed E-state index contributed by atoms with van der Waals surface area (Å²) < 4.78 is 7.41. The van der Waals surface area contributed by atoms with Crippen LogP contribution < -0.4 is 10.1 Å². The highest BCUT2D eigenvalue weighted by molar-refractivity contribution is 6.35. The van der Waals surface area contributed by atoms with Crippen molar-refractivity contribution < 1.29 is 19.4 Å². The molecule has 1 amide bonds. The van der Waals surface area contributed by atoms with Crippen molar-refractivity contribution in [1.29, 1.82) is 5.26 Å². The van der Waals surface area contributed by atoms with Gasteiger partial charge in [-0.3, -0.25) is 9.59 Å². The quantitative estimate of drug-likeness (QED) is 0.224. The predicted molar refractivity (Wildman–Crippen MR) is 135 cm³/mol. The van der Waals surface area contributed by atoms with Gasteiger partial charge < -0.3 is 19.7 Å². The maximum atomic E-state index is 13.0. The number of amides is 1. The first-order valence-corrected chi connectivity index (χ1v) is 11.1. The Morgan fingerprint density at radius 3 is 2.54 bits per heavy atom. The lowest BCUT2D eigenvalue weighted by Crippen LogP contribution is -2.14. The predicted octanol–water partition coefficient (Wildman–Crippen LogP) is 6.37. The van der Waals surface area contributed by atoms with Gasteiger partial charge in [0.2, 0.25) is 0 Å². The van der Waals surface area contributed by atoms with Crippen LogP contribution in [0, 0.1) is 11.3 Å². The largest absolute Gasteiger partial charge is 0.480 e. The van der Waals surface area contributed by atoms with E-state index in [2.05, 4.69) is 5.32 Å². The van der Waals surface area contributed by atoms with Gasteiger partial charge in [-0.05, 0) is 42.5 Å². The molecule has 1 aromatic heterocycles. The fourth-order valence-corrected chi connectivity index (χ4v) is 3.94. The van der Waals surface area contributed by atoms with Gasteiger partial charge in [0, 0.05) is 27.7 Å². The van der Waals surface area contributed by atoms with Crippen LogP contribution in [-0.2, 0) is 16.1 Å². The molecule has 0 aliphatic heterocycles. The highest BCUT2D eigenvalue weighted by Crippen LogP contribution is 2.35. The SMILES string of the molecule is N#C/C(=C\c1cn(CC(=O)O)c2ccccc12)C(=O)Nc1ccccc1Oc1ccc(Cl)cc1Cl. The van der Waals surface area contributed by atoms with Gasteiger partial charge >= 0.3 is 5.97 Å². The summed E-state index contributed by atoms with van der Waals surface area (Å²) in [6, 6.07) is 20.6. The Labute approximate surface area is 210 Å². The molecule has 9 heteroatoms. The summed E-state index contributed by atoms with van der Waals surface area (Å²) in [7, 11) is 0. The number of carbonyl (C=O) groups excluding carboxylic acids is 1. The van der Waals surface area contributed by atoms with Crippen LogP contribution in [-0.4, -0.2) is 21.6 Å². The first kappa shape index (κ1) is 23.9. The number of carboxylic acids is 1. The number of hydrogen-bond acceptors (Lipinski definition) is 4. The van der Waals surface area contributed by atoms with Crippen LogP contribution in [0.5, 0.6) is 11.5 Å². The molecule has 0 saturated heterocycles. The van der Waals surface area contributed by atoms with Crippen molar-refractivity contribution in [2.75, 3.05) is 5.32 Å². The van der Waals surface area contributed by atoms with E-state index in [1.54, 1.807) is 71.4 Å². The van der Waals surface area contributed by atoms with Crippen LogP contribution in [0.4, 0.5) is 5.69 Å². The summed E-state index contributed by atoms with van der Waals surface area (Å²) in [6.07, 6.45) is 3.03. The number of para-hydroxylation sites is 3. The average Bonchev–Trinajstić information content (AvgIpc) is 3.17. The molecule has 0 bridgehead atoms. The van der Waals surface area contributed by atoms with Crippen LogP contribution >= 0.6 is 23.2 Å². The second-order valence-corrected chi connectivity index (χ2v) is 8.26. The summed E-state index contributed by atoms with van der Waals surface area (Å²) in [5.74, 6) is -0.988. The Bertz CT molecular complexity index is 1520. The fraction of sp³-hybridized carbons (Fsp3) is 0.0385. The van der Waals surface area contributed by atoms with E-state index >= 15 is 0 Å². The third kappa shape index (κ3) is 5.46. The smallest absolute Gasteiger partial charge is 0.323 e. The first-order chi connectivity index (χ1) is 16.9. The summed E-state index contributed by atoms with van der Waals surface area (Å²) in [6.45, 7) is -0.250. The van der Waals surface area contributed by atoms with Crippen molar-refractivity contribution >= 4 is 57.7 Å². The van der Waals surface area contributed by atoms with E-state index in [9.17, 15) is 20.0 Å². The number of nitrogens with one attached hydrogen (secondary N) is 1. The number of rotatable bonds is 7. The molecule has 35 heavy (non-hydrogen) atoms. The number of nitrogens with zero attached hydrogens (tertiary/aromatic N) is 2. The molecule has 0 saturated carbocycles. The van der Waals surface area contributed by atoms with Crippen LogP contribution in [0.25, 0.3) is 17.0 Å². The minimum Gasteiger partial charge on any atom is -0.480 e. The van der Waals surface area contributed by atoms with E-state index < -0.39 is 11.9 Å². The van der Waals surface area contributed by atoms with Crippen LogP contribution in [0.15, 0.2) is 78.5 Å². The zero-order valence-electron chi connectivity index (χ0n) is 18.0. The highest BCUT2D eigenvalue weighted by atomic mass is 35.5. The van der Waals surface area contributed by atoms with Crippen LogP contribution in [0.2, 0.25) is 10.0 Å². The van der Waals surface area contributed by atoms with Gasteiger partial charge in [-0.25, -0.2) is 0 Å². The normalized spacial score (nSPS) is 11.2. The molecule has 0 radical (unpaired) electrons. The summed E-state index contributed by atoms with van der Waals surface area (Å²) >= 11 is 12.1. The molecule has 1 heterocycles. The van der Waals surface area contributed by atoms with Crippen LogP contribution in [0.1, 0.15) is 5.56 Å². The van der Waals surface area contributed by atoms with E-state index in [-0.39, 0.29) is 12.1 Å². The second kappa shape index (κ2) is 10.3. The lowest BCUT2D eigenvalue weighted by molar-refractivity contribution is -0.137. The fourth-order valence-electron chi connectivity index (χ4n) is 3.50. The van der Waals surface area contributed by atoms with Crippen LogP contribution in [0.3, 0.4) is 0 Å². The number of halogens is 2. The topological polar surface area (TPSA) is 104 Å². The maximum Gasteiger partial charge on any atom is 0.323 e. The molecule has 7 nitrogen and oxygen atoms in total.